The van der Waals surface area contributed by atoms with Crippen LogP contribution in [0.2, 0.25) is 0 Å². The van der Waals surface area contributed by atoms with Crippen LogP contribution in [0, 0.1) is 22.7 Å². The SMILES string of the molecule is C=C1CC[C@@H]2[C@](C)(CO)[C@H](O)CC[C@@]2(C)[C@@H]1CCC1=C(O)COC1=O.[Ca+2].[H-].[H-]. The summed E-state index contributed by atoms with van der Waals surface area (Å²) in [6.45, 7) is 8.48. The van der Waals surface area contributed by atoms with E-state index in [0.717, 1.165) is 25.7 Å². The van der Waals surface area contributed by atoms with Gasteiger partial charge in [-0.2, -0.15) is 0 Å². The number of allylic oxidation sites excluding steroid dienone is 1. The molecule has 0 amide bonds. The summed E-state index contributed by atoms with van der Waals surface area (Å²) in [4.78, 5) is 11.8. The zero-order valence-electron chi connectivity index (χ0n) is 18.0. The van der Waals surface area contributed by atoms with Crippen molar-refractivity contribution in [2.45, 2.75) is 58.5 Å². The monoisotopic (exact) mass is 392 g/mol. The van der Waals surface area contributed by atoms with Gasteiger partial charge in [0.1, 0.15) is 12.4 Å². The van der Waals surface area contributed by atoms with E-state index in [1.54, 1.807) is 0 Å². The molecule has 3 N–H and O–H groups in total. The van der Waals surface area contributed by atoms with Gasteiger partial charge in [0.05, 0.1) is 18.3 Å². The molecule has 144 valence electrons. The van der Waals surface area contributed by atoms with E-state index in [2.05, 4.69) is 13.5 Å². The van der Waals surface area contributed by atoms with Crippen LogP contribution in [0.15, 0.2) is 23.5 Å². The van der Waals surface area contributed by atoms with Gasteiger partial charge in [0.15, 0.2) is 0 Å². The first kappa shape index (κ1) is 22.2. The van der Waals surface area contributed by atoms with Crippen LogP contribution in [-0.4, -0.2) is 78.3 Å². The number of ether oxygens (including phenoxy) is 1. The third kappa shape index (κ3) is 3.50. The van der Waals surface area contributed by atoms with Gasteiger partial charge < -0.3 is 22.9 Å². The van der Waals surface area contributed by atoms with Crippen molar-refractivity contribution >= 4 is 43.7 Å². The third-order valence-corrected chi connectivity index (χ3v) is 7.31. The van der Waals surface area contributed by atoms with E-state index in [1.165, 1.54) is 5.57 Å². The number of rotatable bonds is 4. The van der Waals surface area contributed by atoms with Crippen molar-refractivity contribution in [3.63, 3.8) is 0 Å². The van der Waals surface area contributed by atoms with E-state index in [-0.39, 0.29) is 76.8 Å². The van der Waals surface area contributed by atoms with E-state index in [4.69, 9.17) is 4.74 Å². The zero-order valence-corrected chi connectivity index (χ0v) is 18.2. The second-order valence-electron chi connectivity index (χ2n) is 8.57. The predicted molar refractivity (Wildman–Crippen MR) is 102 cm³/mol. The van der Waals surface area contributed by atoms with Crippen LogP contribution in [0.1, 0.15) is 55.2 Å². The number of aliphatic hydroxyl groups is 3. The summed E-state index contributed by atoms with van der Waals surface area (Å²) in [6, 6.07) is 0. The zero-order chi connectivity index (χ0) is 18.4. The Balaban J connectivity index is 0.00000243. The van der Waals surface area contributed by atoms with Gasteiger partial charge >= 0.3 is 43.7 Å². The van der Waals surface area contributed by atoms with E-state index >= 15 is 0 Å². The Morgan fingerprint density at radius 2 is 2.04 bits per heavy atom. The molecule has 0 aromatic heterocycles. The molecule has 0 aromatic carbocycles. The molecule has 0 aromatic rings. The Labute approximate surface area is 188 Å². The van der Waals surface area contributed by atoms with Crippen molar-refractivity contribution in [2.75, 3.05) is 13.2 Å². The van der Waals surface area contributed by atoms with Gasteiger partial charge in [-0.15, -0.1) is 0 Å². The molecule has 0 saturated heterocycles. The average molecular weight is 393 g/mol. The molecule has 1 aliphatic heterocycles. The molecule has 3 aliphatic rings. The summed E-state index contributed by atoms with van der Waals surface area (Å²) in [5.74, 6) is 0.0490. The number of aliphatic hydroxyl groups excluding tert-OH is 3. The summed E-state index contributed by atoms with van der Waals surface area (Å²) in [5, 5.41) is 30.4. The maximum atomic E-state index is 11.8. The van der Waals surface area contributed by atoms with Crippen LogP contribution >= 0.6 is 0 Å². The minimum atomic E-state index is -0.500. The number of carbonyl (C=O) groups excluding carboxylic acids is 1. The van der Waals surface area contributed by atoms with Gasteiger partial charge in [-0.05, 0) is 55.8 Å². The second kappa shape index (κ2) is 8.12. The quantitative estimate of drug-likeness (QED) is 0.389. The van der Waals surface area contributed by atoms with Crippen molar-refractivity contribution in [1.82, 2.24) is 0 Å². The fourth-order valence-electron chi connectivity index (χ4n) is 5.69. The Hall–Kier alpha value is -0.0703. The molecule has 0 radical (unpaired) electrons. The molecule has 5 nitrogen and oxygen atoms in total. The van der Waals surface area contributed by atoms with Crippen molar-refractivity contribution in [2.24, 2.45) is 22.7 Å². The summed E-state index contributed by atoms with van der Waals surface area (Å²) < 4.78 is 4.89. The molecule has 2 aliphatic carbocycles. The van der Waals surface area contributed by atoms with Gasteiger partial charge in [0, 0.05) is 5.41 Å². The summed E-state index contributed by atoms with van der Waals surface area (Å²) >= 11 is 0. The molecule has 0 bridgehead atoms. The van der Waals surface area contributed by atoms with Gasteiger partial charge in [-0.3, -0.25) is 0 Å². The number of fused-ring (bicyclic) bond motifs is 1. The van der Waals surface area contributed by atoms with Crippen molar-refractivity contribution in [1.29, 1.82) is 0 Å². The van der Waals surface area contributed by atoms with Crippen molar-refractivity contribution < 1.29 is 27.7 Å². The molecule has 2 saturated carbocycles. The van der Waals surface area contributed by atoms with Crippen LogP contribution in [0.25, 0.3) is 0 Å². The maximum Gasteiger partial charge on any atom is 2.00 e. The van der Waals surface area contributed by atoms with Crippen LogP contribution in [0.5, 0.6) is 0 Å². The van der Waals surface area contributed by atoms with E-state index in [0.29, 0.717) is 18.4 Å². The summed E-state index contributed by atoms with van der Waals surface area (Å²) in [5.41, 5.74) is 1.01. The van der Waals surface area contributed by atoms with Crippen LogP contribution < -0.4 is 0 Å². The minimum absolute atomic E-state index is 0. The van der Waals surface area contributed by atoms with Crippen LogP contribution in [0.3, 0.4) is 0 Å². The fourth-order valence-corrected chi connectivity index (χ4v) is 5.69. The number of hydrogen-bond donors (Lipinski definition) is 3. The van der Waals surface area contributed by atoms with Gasteiger partial charge in [0.25, 0.3) is 0 Å². The number of hydrogen-bond acceptors (Lipinski definition) is 5. The second-order valence-corrected chi connectivity index (χ2v) is 8.57. The molecule has 5 atom stereocenters. The van der Waals surface area contributed by atoms with Gasteiger partial charge in [0.2, 0.25) is 0 Å². The molecule has 26 heavy (non-hydrogen) atoms. The first-order valence-corrected chi connectivity index (χ1v) is 9.28. The topological polar surface area (TPSA) is 87.0 Å². The normalized spacial score (nSPS) is 40.1. The van der Waals surface area contributed by atoms with Crippen LogP contribution in [-0.2, 0) is 9.53 Å². The fraction of sp³-hybridized carbons (Fsp3) is 0.750. The molecule has 1 heterocycles. The Kier molecular flexibility index (Phi) is 6.94. The molecular formula is C20H32CaO5. The number of esters is 1. The van der Waals surface area contributed by atoms with Crippen molar-refractivity contribution in [3.05, 3.63) is 23.5 Å². The van der Waals surface area contributed by atoms with E-state index in [1.807, 2.05) is 6.92 Å². The number of carbonyl (C=O) groups is 1. The van der Waals surface area contributed by atoms with Crippen molar-refractivity contribution in [3.8, 4) is 0 Å². The van der Waals surface area contributed by atoms with E-state index in [9.17, 15) is 20.1 Å². The van der Waals surface area contributed by atoms with Gasteiger partial charge in [-0.25, -0.2) is 4.79 Å². The van der Waals surface area contributed by atoms with E-state index < -0.39 is 17.5 Å². The molecule has 0 unspecified atom stereocenters. The summed E-state index contributed by atoms with van der Waals surface area (Å²) in [6.07, 6.45) is 4.09. The Morgan fingerprint density at radius 3 is 2.62 bits per heavy atom. The standard InChI is InChI=1S/C20H30O5.Ca.2H/c1-12-4-7-16-19(2,9-8-17(23)20(16,3)11-21)14(12)6-5-13-15(22)10-25-18(13)24;;;/h14,16-17,21-23H,1,4-11H2,2-3H3;;;/q;+2;2*-1/t14-,16+,17-,19+,20+;;;/m1.../s1. The molecule has 0 spiro atoms. The first-order chi connectivity index (χ1) is 11.7. The first-order valence-electron chi connectivity index (χ1n) is 9.28. The summed E-state index contributed by atoms with van der Waals surface area (Å²) in [7, 11) is 0. The average Bonchev–Trinajstić information content (AvgIpc) is 2.89. The molecule has 6 heteroatoms. The molecular weight excluding hydrogens is 360 g/mol. The Morgan fingerprint density at radius 1 is 1.35 bits per heavy atom. The van der Waals surface area contributed by atoms with Gasteiger partial charge in [-0.1, -0.05) is 26.0 Å². The smallest absolute Gasteiger partial charge is 1.00 e. The molecule has 3 rings (SSSR count). The Bertz CT molecular complexity index is 626. The molecule has 2 fully saturated rings. The number of cyclic esters (lactones) is 1. The minimum Gasteiger partial charge on any atom is -1.00 e. The van der Waals surface area contributed by atoms with Crippen LogP contribution in [0.4, 0.5) is 0 Å². The largest absolute Gasteiger partial charge is 2.00 e. The predicted octanol–water partition coefficient (Wildman–Crippen LogP) is 2.72. The third-order valence-electron chi connectivity index (χ3n) is 7.31. The maximum absolute atomic E-state index is 11.8.